The average Bonchev–Trinajstić information content (AvgIpc) is 2.72. The molecule has 0 saturated heterocycles. The Bertz CT molecular complexity index is 891. The first kappa shape index (κ1) is 21.2. The molecular weight excluding hydrogens is 371 g/mol. The summed E-state index contributed by atoms with van der Waals surface area (Å²) in [5.41, 5.74) is 10.1. The molecular formula is C22H27N2O3P. The number of carboxylic acid groups (broad SMARTS) is 1. The summed E-state index contributed by atoms with van der Waals surface area (Å²) in [7, 11) is -1.87. The molecule has 4 N–H and O–H groups in total. The summed E-state index contributed by atoms with van der Waals surface area (Å²) >= 11 is 0. The maximum absolute atomic E-state index is 10.7. The summed E-state index contributed by atoms with van der Waals surface area (Å²) in [6, 6.07) is 16.1. The zero-order chi connectivity index (χ0) is 24.2. The van der Waals surface area contributed by atoms with Gasteiger partial charge in [-0.15, -0.1) is 12.8 Å². The Morgan fingerprint density at radius 3 is 1.93 bits per heavy atom. The van der Waals surface area contributed by atoms with Crippen LogP contribution in [0.25, 0.3) is 0 Å². The Kier molecular flexibility index (Phi) is 12.2. The van der Waals surface area contributed by atoms with Gasteiger partial charge >= 0.3 is 5.97 Å². The van der Waals surface area contributed by atoms with E-state index >= 15 is 0 Å². The van der Waals surface area contributed by atoms with Gasteiger partial charge in [-0.2, -0.15) is 9.73 Å². The normalized spacial score (nSPS) is 9.57. The van der Waals surface area contributed by atoms with Gasteiger partial charge in [-0.25, -0.2) is 4.79 Å². The fourth-order valence-electron chi connectivity index (χ4n) is 1.89. The fourth-order valence-corrected chi connectivity index (χ4v) is 1.89. The highest BCUT2D eigenvalue weighted by molar-refractivity contribution is 6.92. The lowest BCUT2D eigenvalue weighted by molar-refractivity contribution is -0.130. The Morgan fingerprint density at radius 2 is 1.57 bits per heavy atom. The summed E-state index contributed by atoms with van der Waals surface area (Å²) in [4.78, 5) is 19.9. The van der Waals surface area contributed by atoms with Crippen LogP contribution in [0.1, 0.15) is 22.3 Å². The van der Waals surface area contributed by atoms with E-state index in [-0.39, 0.29) is 5.91 Å². The topological polar surface area (TPSA) is 92.4 Å². The molecule has 0 fully saturated rings. The van der Waals surface area contributed by atoms with Crippen molar-refractivity contribution in [2.75, 3.05) is 0 Å². The van der Waals surface area contributed by atoms with Crippen molar-refractivity contribution in [2.45, 2.75) is 26.9 Å². The Hall–Kier alpha value is -3.11. The molecule has 0 spiro atoms. The Labute approximate surface area is 174 Å². The number of nitrogens with two attached hydrogens (primary N) is 1. The van der Waals surface area contributed by atoms with Gasteiger partial charge in [0.15, 0.2) is 0 Å². The van der Waals surface area contributed by atoms with Gasteiger partial charge in [0.1, 0.15) is 0 Å². The number of benzene rings is 2. The molecule has 0 heterocycles. The van der Waals surface area contributed by atoms with Crippen LogP contribution >= 0.6 is 9.73 Å². The molecule has 0 saturated carbocycles. The predicted octanol–water partition coefficient (Wildman–Crippen LogP) is 2.46. The summed E-state index contributed by atoms with van der Waals surface area (Å²) in [6.45, 7) is 5.21. The first-order valence-corrected chi connectivity index (χ1v) is 8.07. The third kappa shape index (κ3) is 14.1. The number of carbonyl (C=O) groups is 2. The van der Waals surface area contributed by atoms with E-state index in [1.807, 2.05) is 49.2 Å². The lowest BCUT2D eigenvalue weighted by Gasteiger charge is -2.01. The highest BCUT2D eigenvalue weighted by atomic mass is 31.0. The van der Waals surface area contributed by atoms with Crippen molar-refractivity contribution in [3.05, 3.63) is 70.8 Å². The molecule has 148 valence electrons. The van der Waals surface area contributed by atoms with E-state index in [2.05, 4.69) is 30.8 Å². The van der Waals surface area contributed by atoms with Gasteiger partial charge < -0.3 is 16.2 Å². The van der Waals surface area contributed by atoms with Crippen LogP contribution in [0.4, 0.5) is 0 Å². The van der Waals surface area contributed by atoms with Gasteiger partial charge in [0.05, 0.1) is 3.84 Å². The molecule has 6 heteroatoms. The number of amides is 1. The van der Waals surface area contributed by atoms with Gasteiger partial charge in [0.2, 0.25) is 0 Å². The SMILES string of the molecule is C#CC(=O)NCc1cccc(C)c1.C#CC(=O)O.Cc1cccc(CN)c1.[3H]P([3H])[3H]. The van der Waals surface area contributed by atoms with Crippen molar-refractivity contribution >= 4 is 21.6 Å². The number of rotatable bonds is 3. The zero-order valence-corrected chi connectivity index (χ0v) is 16.9. The fraction of sp³-hybridized carbons (Fsp3) is 0.182. The largest absolute Gasteiger partial charge is 0.472 e. The van der Waals surface area contributed by atoms with Crippen LogP contribution in [-0.2, 0) is 22.7 Å². The number of nitrogens with one attached hydrogen (secondary N) is 1. The van der Waals surface area contributed by atoms with Gasteiger partial charge in [0, 0.05) is 19.0 Å². The van der Waals surface area contributed by atoms with Crippen molar-refractivity contribution in [1.82, 2.24) is 5.32 Å². The molecule has 1 amide bonds. The van der Waals surface area contributed by atoms with Crippen LogP contribution in [-0.4, -0.2) is 20.8 Å². The Balaban J connectivity index is 0. The van der Waals surface area contributed by atoms with Crippen LogP contribution in [0.2, 0.25) is 0 Å². The van der Waals surface area contributed by atoms with Crippen LogP contribution in [0.15, 0.2) is 48.5 Å². The second-order valence-corrected chi connectivity index (χ2v) is 5.46. The smallest absolute Gasteiger partial charge is 0.381 e. The van der Waals surface area contributed by atoms with Crippen molar-refractivity contribution in [1.29, 1.82) is 3.84 Å². The van der Waals surface area contributed by atoms with Gasteiger partial charge in [-0.1, -0.05) is 59.7 Å². The van der Waals surface area contributed by atoms with Crippen LogP contribution < -0.4 is 11.1 Å². The number of hydrogen-bond acceptors (Lipinski definition) is 3. The lowest BCUT2D eigenvalue weighted by Crippen LogP contribution is -2.20. The molecule has 2 aromatic rings. The maximum Gasteiger partial charge on any atom is 0.381 e. The summed E-state index contributed by atoms with van der Waals surface area (Å²) < 4.78 is 17.9. The Morgan fingerprint density at radius 1 is 1.11 bits per heavy atom. The van der Waals surface area contributed by atoms with Gasteiger partial charge in [0.25, 0.3) is 5.91 Å². The van der Waals surface area contributed by atoms with E-state index in [4.69, 9.17) is 25.9 Å². The number of carbonyl (C=O) groups excluding carboxylic acids is 1. The van der Waals surface area contributed by atoms with E-state index in [0.29, 0.717) is 13.1 Å². The molecule has 28 heavy (non-hydrogen) atoms. The highest BCUT2D eigenvalue weighted by Crippen LogP contribution is 2.03. The lowest BCUT2D eigenvalue weighted by atomic mass is 10.1. The van der Waals surface area contributed by atoms with Crippen LogP contribution in [0.3, 0.4) is 0 Å². The average molecular weight is 404 g/mol. The zero-order valence-electron chi connectivity index (χ0n) is 19.0. The van der Waals surface area contributed by atoms with Crippen molar-refractivity contribution < 1.29 is 14.7 Å². The second-order valence-electron chi connectivity index (χ2n) is 5.46. The molecule has 5 nitrogen and oxygen atoms in total. The molecule has 0 aliphatic heterocycles. The van der Waals surface area contributed by atoms with Crippen LogP contribution in [0, 0.1) is 38.5 Å². The van der Waals surface area contributed by atoms with Crippen molar-refractivity contribution in [2.24, 2.45) is 5.73 Å². The van der Waals surface area contributed by atoms with E-state index in [1.54, 1.807) is 0 Å². The first-order valence-electron chi connectivity index (χ1n) is 9.41. The molecule has 2 rings (SSSR count). The third-order valence-electron chi connectivity index (χ3n) is 3.11. The summed E-state index contributed by atoms with van der Waals surface area (Å²) in [5, 5.41) is 10.1. The minimum Gasteiger partial charge on any atom is -0.472 e. The number of aryl methyl sites for hydroxylation is 2. The van der Waals surface area contributed by atoms with Crippen LogP contribution in [0.5, 0.6) is 0 Å². The maximum atomic E-state index is 10.7. The van der Waals surface area contributed by atoms with Gasteiger partial charge in [-0.05, 0) is 30.9 Å². The number of terminal acetylenes is 2. The molecule has 0 radical (unpaired) electrons. The summed E-state index contributed by atoms with van der Waals surface area (Å²) in [5.74, 6) is 1.85. The molecule has 0 bridgehead atoms. The minimum atomic E-state index is -1.87. The first-order chi connectivity index (χ1) is 14.5. The minimum absolute atomic E-state index is 0.374. The van der Waals surface area contributed by atoms with E-state index in [9.17, 15) is 4.79 Å². The summed E-state index contributed by atoms with van der Waals surface area (Å²) in [6.07, 6.45) is 9.23. The predicted molar refractivity (Wildman–Crippen MR) is 119 cm³/mol. The van der Waals surface area contributed by atoms with E-state index in [0.717, 1.165) is 5.56 Å². The van der Waals surface area contributed by atoms with Gasteiger partial charge in [-0.3, -0.25) is 4.79 Å². The third-order valence-corrected chi connectivity index (χ3v) is 3.11. The standard InChI is InChI=1S/C11H11NO.C8H11N.C3H2O2.H3P/c1-3-11(13)12-8-10-6-4-5-9(2)7-10;1-7-3-2-4-8(5-7)6-9;1-2-3(4)5;/h1,4-7H,8H2,2H3,(H,12,13);2-5H,6,9H2,1H3;1H,(H,4,5);1H3/i;;;1T3. The number of hydrogen-bond donors (Lipinski definition) is 3. The molecule has 0 unspecified atom stereocenters. The molecule has 0 aliphatic carbocycles. The molecule has 2 aromatic carbocycles. The quantitative estimate of drug-likeness (QED) is 0.541. The molecule has 0 aliphatic rings. The number of aliphatic carboxylic acids is 1. The van der Waals surface area contributed by atoms with E-state index < -0.39 is 15.7 Å². The number of carboxylic acids is 1. The monoisotopic (exact) mass is 404 g/mol. The molecule has 0 aromatic heterocycles. The van der Waals surface area contributed by atoms with Crippen molar-refractivity contribution in [3.63, 3.8) is 0 Å². The van der Waals surface area contributed by atoms with Crippen molar-refractivity contribution in [3.8, 4) is 24.7 Å². The second kappa shape index (κ2) is 16.1. The van der Waals surface area contributed by atoms with E-state index in [1.165, 1.54) is 22.6 Å². The molecule has 0 atom stereocenters. The highest BCUT2D eigenvalue weighted by Gasteiger charge is 1.95.